The first-order valence-electron chi connectivity index (χ1n) is 11.8. The van der Waals surface area contributed by atoms with E-state index in [-0.39, 0.29) is 47.4 Å². The largest absolute Gasteiger partial charge is 0.469 e. The quantitative estimate of drug-likeness (QED) is 0.237. The molecule has 1 fully saturated rings. The lowest BCUT2D eigenvalue weighted by Gasteiger charge is -2.42. The molecule has 4 rings (SSSR count). The van der Waals surface area contributed by atoms with E-state index in [0.29, 0.717) is 23.7 Å². The highest BCUT2D eigenvalue weighted by molar-refractivity contribution is 7.46. The zero-order chi connectivity index (χ0) is 29.2. The van der Waals surface area contributed by atoms with Crippen LogP contribution < -0.4 is 15.5 Å². The van der Waals surface area contributed by atoms with Gasteiger partial charge in [0, 0.05) is 26.7 Å². The van der Waals surface area contributed by atoms with Gasteiger partial charge in [-0.25, -0.2) is 14.3 Å². The molecule has 5 N–H and O–H groups in total. The number of amides is 1. The molecule has 1 saturated heterocycles. The molecule has 0 saturated carbocycles. The molecule has 1 aliphatic rings. The average Bonchev–Trinajstić information content (AvgIpc) is 3.32. The second-order valence-corrected chi connectivity index (χ2v) is 10.3. The van der Waals surface area contributed by atoms with Gasteiger partial charge in [-0.15, -0.1) is 5.10 Å². The fraction of sp³-hybridized carbons (Fsp3) is 0.364. The van der Waals surface area contributed by atoms with E-state index < -0.39 is 26.1 Å². The van der Waals surface area contributed by atoms with Crippen molar-refractivity contribution in [3.8, 4) is 12.1 Å². The van der Waals surface area contributed by atoms with E-state index in [9.17, 15) is 34.8 Å². The second-order valence-electron chi connectivity index (χ2n) is 8.73. The summed E-state index contributed by atoms with van der Waals surface area (Å²) in [6.07, 6.45) is -0.961. The van der Waals surface area contributed by atoms with Crippen molar-refractivity contribution in [2.75, 3.05) is 42.2 Å². The minimum absolute atomic E-state index is 0.0467. The van der Waals surface area contributed by atoms with Crippen molar-refractivity contribution in [3.63, 3.8) is 0 Å². The standard InChI is InChI=1S/C22H24ClN10O6P/c1-3-26-19-20-27-10-13(9-25)33(20)30-21(29-19)28-14-6-12(8-24)7-16(18(14)23)32-5-4-15(31(2)22(34)35)17(11-32)39-40(36,37)38/h6-7,10,15,17H,3-5,11H2,1-2H3,(H,34,35)(H2,36,37,38)(H2,26,28,29,30)/t15-,17+/m1/s1. The van der Waals surface area contributed by atoms with Crippen molar-refractivity contribution in [2.45, 2.75) is 25.5 Å². The number of nitrogens with zero attached hydrogens (tertiary/aromatic N) is 8. The molecule has 0 bridgehead atoms. The van der Waals surface area contributed by atoms with Crippen LogP contribution in [0.2, 0.25) is 5.02 Å². The van der Waals surface area contributed by atoms with Crippen LogP contribution in [0.5, 0.6) is 0 Å². The molecule has 40 heavy (non-hydrogen) atoms. The highest BCUT2D eigenvalue weighted by atomic mass is 35.5. The maximum atomic E-state index is 11.7. The lowest BCUT2D eigenvalue weighted by molar-refractivity contribution is 0.0441. The van der Waals surface area contributed by atoms with Crippen LogP contribution in [0.4, 0.5) is 27.9 Å². The highest BCUT2D eigenvalue weighted by Crippen LogP contribution is 2.42. The molecule has 0 spiro atoms. The van der Waals surface area contributed by atoms with Gasteiger partial charge in [0.1, 0.15) is 12.2 Å². The Bertz CT molecular complexity index is 1580. The number of nitriles is 2. The fourth-order valence-corrected chi connectivity index (χ4v) is 5.24. The first-order chi connectivity index (χ1) is 18.9. The fourth-order valence-electron chi connectivity index (χ4n) is 4.40. The van der Waals surface area contributed by atoms with Gasteiger partial charge < -0.3 is 35.3 Å². The predicted molar refractivity (Wildman–Crippen MR) is 142 cm³/mol. The number of aromatic nitrogens is 4. The monoisotopic (exact) mass is 590 g/mol. The van der Waals surface area contributed by atoms with E-state index in [1.807, 2.05) is 19.1 Å². The van der Waals surface area contributed by atoms with Crippen molar-refractivity contribution < 1.29 is 28.8 Å². The van der Waals surface area contributed by atoms with Crippen molar-refractivity contribution in [1.29, 1.82) is 10.5 Å². The molecule has 0 unspecified atom stereocenters. The van der Waals surface area contributed by atoms with Crippen LogP contribution in [-0.2, 0) is 9.09 Å². The Morgan fingerprint density at radius 1 is 1.35 bits per heavy atom. The molecule has 0 radical (unpaired) electrons. The number of carboxylic acid groups (broad SMARTS) is 1. The molecule has 18 heteroatoms. The van der Waals surface area contributed by atoms with Crippen LogP contribution in [0, 0.1) is 22.7 Å². The van der Waals surface area contributed by atoms with Crippen molar-refractivity contribution >= 4 is 54.3 Å². The van der Waals surface area contributed by atoms with Gasteiger partial charge in [-0.3, -0.25) is 4.52 Å². The maximum Gasteiger partial charge on any atom is 0.469 e. The van der Waals surface area contributed by atoms with Gasteiger partial charge in [-0.2, -0.15) is 20.0 Å². The van der Waals surface area contributed by atoms with Gasteiger partial charge in [0.15, 0.2) is 17.2 Å². The zero-order valence-electron chi connectivity index (χ0n) is 21.2. The maximum absolute atomic E-state index is 11.7. The number of nitrogens with one attached hydrogen (secondary N) is 2. The molecule has 210 valence electrons. The molecule has 2 aromatic heterocycles. The third-order valence-electron chi connectivity index (χ3n) is 6.19. The summed E-state index contributed by atoms with van der Waals surface area (Å²) in [5, 5.41) is 39.0. The van der Waals surface area contributed by atoms with Gasteiger partial charge in [-0.1, -0.05) is 11.6 Å². The molecule has 16 nitrogen and oxygen atoms in total. The first-order valence-corrected chi connectivity index (χ1v) is 13.7. The predicted octanol–water partition coefficient (Wildman–Crippen LogP) is 2.36. The number of rotatable bonds is 8. The number of fused-ring (bicyclic) bond motifs is 1. The lowest BCUT2D eigenvalue weighted by atomic mass is 9.99. The summed E-state index contributed by atoms with van der Waals surface area (Å²) >= 11 is 6.75. The number of imidazole rings is 1. The van der Waals surface area contributed by atoms with Gasteiger partial charge in [0.2, 0.25) is 5.95 Å². The van der Waals surface area contributed by atoms with Crippen LogP contribution in [0.15, 0.2) is 18.3 Å². The molecule has 1 aliphatic heterocycles. The number of phosphoric ester groups is 1. The van der Waals surface area contributed by atoms with E-state index >= 15 is 0 Å². The minimum Gasteiger partial charge on any atom is -0.465 e. The smallest absolute Gasteiger partial charge is 0.465 e. The van der Waals surface area contributed by atoms with Crippen LogP contribution >= 0.6 is 19.4 Å². The number of hydrogen-bond donors (Lipinski definition) is 5. The van der Waals surface area contributed by atoms with E-state index in [1.54, 1.807) is 4.90 Å². The summed E-state index contributed by atoms with van der Waals surface area (Å²) in [7, 11) is -3.68. The van der Waals surface area contributed by atoms with Crippen LogP contribution in [0.25, 0.3) is 5.65 Å². The number of likely N-dealkylation sites (N-methyl/N-ethyl adjacent to an activating group) is 1. The lowest BCUT2D eigenvalue weighted by Crippen LogP contribution is -2.55. The van der Waals surface area contributed by atoms with Crippen molar-refractivity contribution in [2.24, 2.45) is 0 Å². The molecule has 3 aromatic rings. The Balaban J connectivity index is 1.72. The summed E-state index contributed by atoms with van der Waals surface area (Å²) in [6, 6.07) is 6.18. The Hall–Kier alpha value is -4.18. The molecule has 1 amide bonds. The van der Waals surface area contributed by atoms with Crippen LogP contribution in [0.3, 0.4) is 0 Å². The van der Waals surface area contributed by atoms with Crippen molar-refractivity contribution in [1.82, 2.24) is 24.5 Å². The normalized spacial score (nSPS) is 17.2. The molecule has 1 aromatic carbocycles. The van der Waals surface area contributed by atoms with E-state index in [2.05, 4.69) is 25.7 Å². The van der Waals surface area contributed by atoms with Gasteiger partial charge in [-0.05, 0) is 25.5 Å². The summed E-state index contributed by atoms with van der Waals surface area (Å²) in [5.74, 6) is 0.404. The Labute approximate surface area is 232 Å². The number of benzene rings is 1. The van der Waals surface area contributed by atoms with E-state index in [1.165, 1.54) is 29.9 Å². The number of hydrogen-bond acceptors (Lipinski definition) is 11. The average molecular weight is 591 g/mol. The van der Waals surface area contributed by atoms with E-state index in [0.717, 1.165) is 4.90 Å². The number of carbonyl (C=O) groups is 1. The van der Waals surface area contributed by atoms with Gasteiger partial charge in [0.05, 0.1) is 40.3 Å². The second kappa shape index (κ2) is 11.5. The zero-order valence-corrected chi connectivity index (χ0v) is 22.8. The van der Waals surface area contributed by atoms with Gasteiger partial charge >= 0.3 is 13.9 Å². The molecule has 3 heterocycles. The SMILES string of the molecule is CCNc1nc(Nc2cc(C#N)cc(N3CC[C@@H](N(C)C(=O)O)[C@@H](OP(=O)(O)O)C3)c2Cl)nn2c(C#N)cnc12. The Morgan fingerprint density at radius 2 is 2.10 bits per heavy atom. The number of anilines is 4. The third-order valence-corrected chi connectivity index (χ3v) is 7.13. The van der Waals surface area contributed by atoms with Gasteiger partial charge in [0.25, 0.3) is 0 Å². The third kappa shape index (κ3) is 6.02. The molecular formula is C22H24ClN10O6P. The van der Waals surface area contributed by atoms with Crippen LogP contribution in [0.1, 0.15) is 24.6 Å². The van der Waals surface area contributed by atoms with Crippen molar-refractivity contribution in [3.05, 3.63) is 34.6 Å². The summed E-state index contributed by atoms with van der Waals surface area (Å²) in [6.45, 7) is 2.49. The molecule has 0 aliphatic carbocycles. The number of piperidine rings is 1. The molecular weight excluding hydrogens is 567 g/mol. The topological polar surface area (TPSA) is 225 Å². The number of halogens is 1. The van der Waals surface area contributed by atoms with Crippen LogP contribution in [-0.4, -0.2) is 84.3 Å². The Kier molecular flexibility index (Phi) is 8.29. The highest BCUT2D eigenvalue weighted by Gasteiger charge is 2.39. The first kappa shape index (κ1) is 28.8. The number of phosphoric acid groups is 1. The minimum atomic E-state index is -4.97. The summed E-state index contributed by atoms with van der Waals surface area (Å²) in [4.78, 5) is 41.6. The summed E-state index contributed by atoms with van der Waals surface area (Å²) < 4.78 is 17.9. The molecule has 2 atom stereocenters. The summed E-state index contributed by atoms with van der Waals surface area (Å²) in [5.41, 5.74) is 1.29. The van der Waals surface area contributed by atoms with E-state index in [4.69, 9.17) is 16.1 Å². The Morgan fingerprint density at radius 3 is 2.73 bits per heavy atom.